The van der Waals surface area contributed by atoms with Crippen molar-refractivity contribution in [2.45, 2.75) is 739 Å². The third kappa shape index (κ3) is 85.4. The summed E-state index contributed by atoms with van der Waals surface area (Å²) in [6, 6.07) is 19.2. The zero-order chi connectivity index (χ0) is 105. The highest BCUT2D eigenvalue weighted by Crippen LogP contribution is 2.46. The quantitative estimate of drug-likeness (QED) is 0.0328. The smallest absolute Gasteiger partial charge is 0.232 e. The molecule has 2 N–H and O–H groups in total. The lowest BCUT2D eigenvalue weighted by atomic mass is 10.0. The van der Waals surface area contributed by atoms with Crippen LogP contribution < -0.4 is 10.6 Å². The summed E-state index contributed by atoms with van der Waals surface area (Å²) in [6.45, 7) is 16.3. The van der Waals surface area contributed by atoms with Crippen LogP contribution in [0, 0.1) is 0 Å². The van der Waals surface area contributed by atoms with Crippen LogP contribution in [0.15, 0.2) is 77.9 Å². The molecule has 4 aromatic rings. The van der Waals surface area contributed by atoms with E-state index in [1.54, 1.807) is 0 Å². The SMILES string of the molecule is CCCCCCCCCCCCCCCCCCCSc1cc(Nc2nc(Nc3cc(SCCCCCCCCCCCCCCCCCCC)c(SCCCCCCCCCCCCCCCCCCC)c(SCCCCCCCCCCCCCCCCCCC)c3)nc(-c3ccc(CC)cc3)n2)cc(SCCCCCCCCCCCCCCCCCCC)c1SCCCCCCCCCCCCCCCCCCC. The van der Waals surface area contributed by atoms with Gasteiger partial charge in [-0.3, -0.25) is 0 Å². The van der Waals surface area contributed by atoms with E-state index in [-0.39, 0.29) is 0 Å². The van der Waals surface area contributed by atoms with Crippen molar-refractivity contribution < 1.29 is 0 Å². The van der Waals surface area contributed by atoms with E-state index in [9.17, 15) is 0 Å². The number of benzene rings is 3. The number of hydrogen-bond donors (Lipinski definition) is 2. The van der Waals surface area contributed by atoms with Gasteiger partial charge in [0.15, 0.2) is 5.82 Å². The maximum absolute atomic E-state index is 5.53. The van der Waals surface area contributed by atoms with Crippen LogP contribution in [0.3, 0.4) is 0 Å². The average Bonchev–Trinajstić information content (AvgIpc) is 0.798. The minimum atomic E-state index is 0.618. The van der Waals surface area contributed by atoms with E-state index in [4.69, 9.17) is 15.0 Å². The standard InChI is InChI=1S/C137H249N5S6/c1-8-15-21-27-33-39-45-51-57-63-69-75-81-87-93-99-105-115-143-129-121-127(122-130(144-116-106-100-94-88-82-76-70-64-58-52-46-40-34-28-22-16-9-2)133(129)147-119-109-103-97-91-85-79-73-67-61-55-49-43-37-31-25-19-12-5)138-136-140-135(126-113-111-125(14-7)112-114-126)141-137(142-136)139-128-123-131(145-117-107-101-95-89-83-77-71-65-59-53-47-41-35-29-23-17-10-3)134(148-120-110-104-98-92-86-80-74-68-62-56-50-44-38-32-26-20-13-6)132(124-128)146-118-108-102-96-90-84-78-72-66-60-54-48-42-36-30-24-18-11-4/h111-114,121-124H,8-110,115-120H2,1-7H3,(H2,138,139,140,141,142). The first kappa shape index (κ1) is 139. The Morgan fingerprint density at radius 2 is 0.304 bits per heavy atom. The van der Waals surface area contributed by atoms with Crippen LogP contribution >= 0.6 is 70.6 Å². The van der Waals surface area contributed by atoms with Gasteiger partial charge in [0.2, 0.25) is 11.9 Å². The lowest BCUT2D eigenvalue weighted by Crippen LogP contribution is -2.06. The Balaban J connectivity index is 1.69. The van der Waals surface area contributed by atoms with Crippen molar-refractivity contribution in [1.29, 1.82) is 0 Å². The van der Waals surface area contributed by atoms with Crippen molar-refractivity contribution in [2.24, 2.45) is 0 Å². The van der Waals surface area contributed by atoms with Crippen molar-refractivity contribution in [1.82, 2.24) is 15.0 Å². The van der Waals surface area contributed by atoms with Crippen molar-refractivity contribution in [3.8, 4) is 11.4 Å². The number of rotatable bonds is 120. The molecule has 0 unspecified atom stereocenters. The second-order valence-electron chi connectivity index (χ2n) is 46.2. The fourth-order valence-electron chi connectivity index (χ4n) is 21.8. The molecule has 0 aliphatic heterocycles. The van der Waals surface area contributed by atoms with Crippen molar-refractivity contribution in [3.05, 3.63) is 54.1 Å². The number of nitrogens with zero attached hydrogens (tertiary/aromatic N) is 3. The normalized spacial score (nSPS) is 11.8. The molecule has 0 bridgehead atoms. The summed E-state index contributed by atoms with van der Waals surface area (Å²) in [5.41, 5.74) is 4.57. The maximum Gasteiger partial charge on any atom is 0.232 e. The third-order valence-electron chi connectivity index (χ3n) is 31.8. The summed E-state index contributed by atoms with van der Waals surface area (Å²) in [5, 5.41) is 8.03. The Kier molecular flexibility index (Phi) is 104. The van der Waals surface area contributed by atoms with Gasteiger partial charge < -0.3 is 10.6 Å². The van der Waals surface area contributed by atoms with E-state index < -0.39 is 0 Å². The van der Waals surface area contributed by atoms with Crippen molar-refractivity contribution in [2.75, 3.05) is 45.2 Å². The molecule has 1 heterocycles. The molecule has 11 heteroatoms. The maximum atomic E-state index is 5.53. The van der Waals surface area contributed by atoms with E-state index in [1.807, 2.05) is 0 Å². The first-order valence-corrected chi connectivity index (χ1v) is 72.9. The van der Waals surface area contributed by atoms with Crippen LogP contribution in [-0.4, -0.2) is 49.5 Å². The minimum absolute atomic E-state index is 0.618. The highest BCUT2D eigenvalue weighted by atomic mass is 32.2. The Labute approximate surface area is 950 Å². The molecule has 0 spiro atoms. The molecule has 0 radical (unpaired) electrons. The van der Waals surface area contributed by atoms with Crippen LogP contribution in [0.25, 0.3) is 11.4 Å². The van der Waals surface area contributed by atoms with Gasteiger partial charge in [-0.15, -0.1) is 70.6 Å². The Bertz CT molecular complexity index is 3070. The van der Waals surface area contributed by atoms with E-state index in [0.717, 1.165) is 46.4 Å². The second kappa shape index (κ2) is 111. The van der Waals surface area contributed by atoms with Crippen LogP contribution in [0.1, 0.15) is 709 Å². The van der Waals surface area contributed by atoms with Crippen LogP contribution in [0.4, 0.5) is 23.3 Å². The lowest BCUT2D eigenvalue weighted by Gasteiger charge is -2.19. The summed E-state index contributed by atoms with van der Waals surface area (Å²) in [4.78, 5) is 25.4. The molecule has 4 rings (SSSR count). The topological polar surface area (TPSA) is 62.7 Å². The van der Waals surface area contributed by atoms with E-state index in [2.05, 4.69) is 178 Å². The Morgan fingerprint density at radius 3 is 0.453 bits per heavy atom. The summed E-state index contributed by atoms with van der Waals surface area (Å²) < 4.78 is 0. The van der Waals surface area contributed by atoms with Gasteiger partial charge in [-0.1, -0.05) is 689 Å². The van der Waals surface area contributed by atoms with Gasteiger partial charge in [-0.05, 0) is 109 Å². The molecule has 0 amide bonds. The second-order valence-corrected chi connectivity index (χ2v) is 53.0. The van der Waals surface area contributed by atoms with Crippen LogP contribution in [-0.2, 0) is 6.42 Å². The number of thioether (sulfide) groups is 6. The molecule has 0 fully saturated rings. The zero-order valence-corrected chi connectivity index (χ0v) is 105. The number of aryl methyl sites for hydroxylation is 1. The summed E-state index contributed by atoms with van der Waals surface area (Å²) in [7, 11) is 0. The molecule has 148 heavy (non-hydrogen) atoms. The summed E-state index contributed by atoms with van der Waals surface area (Å²) in [5.74, 6) is 8.96. The van der Waals surface area contributed by atoms with Gasteiger partial charge in [0.1, 0.15) is 0 Å². The molecule has 1 aromatic heterocycles. The predicted molar refractivity (Wildman–Crippen MR) is 683 cm³/mol. The largest absolute Gasteiger partial charge is 0.324 e. The van der Waals surface area contributed by atoms with Gasteiger partial charge >= 0.3 is 0 Å². The molecule has 5 nitrogen and oxygen atoms in total. The minimum Gasteiger partial charge on any atom is -0.324 e. The van der Waals surface area contributed by atoms with Gasteiger partial charge in [-0.2, -0.15) is 15.0 Å². The molecular weight excluding hydrogens is 1910 g/mol. The Hall–Kier alpha value is -1.63. The first-order valence-electron chi connectivity index (χ1n) is 67.0. The third-order valence-corrected chi connectivity index (χ3v) is 39.3. The van der Waals surface area contributed by atoms with E-state index in [0.29, 0.717) is 17.7 Å². The van der Waals surface area contributed by atoms with E-state index in [1.165, 1.54) is 701 Å². The lowest BCUT2D eigenvalue weighted by molar-refractivity contribution is 0.529. The molecule has 0 saturated carbocycles. The zero-order valence-electron chi connectivity index (χ0n) is 100.0. The van der Waals surface area contributed by atoms with Crippen molar-refractivity contribution >= 4 is 93.8 Å². The van der Waals surface area contributed by atoms with E-state index >= 15 is 0 Å². The van der Waals surface area contributed by atoms with Gasteiger partial charge in [-0.25, -0.2) is 0 Å². The van der Waals surface area contributed by atoms with Gasteiger partial charge in [0, 0.05) is 46.3 Å². The molecular formula is C137H249N5S6. The highest BCUT2D eigenvalue weighted by molar-refractivity contribution is 8.04. The first-order chi connectivity index (χ1) is 73.5. The van der Waals surface area contributed by atoms with Gasteiger partial charge in [0.25, 0.3) is 0 Å². The molecule has 0 atom stereocenters. The monoisotopic (exact) mass is 2160 g/mol. The predicted octanol–water partition coefficient (Wildman–Crippen LogP) is 52.1. The fourth-order valence-corrected chi connectivity index (χ4v) is 29.3. The molecule has 0 saturated heterocycles. The highest BCUT2D eigenvalue weighted by Gasteiger charge is 2.21. The molecule has 3 aromatic carbocycles. The van der Waals surface area contributed by atoms with Crippen LogP contribution in [0.2, 0.25) is 0 Å². The summed E-state index contributed by atoms with van der Waals surface area (Å²) in [6.07, 6.45) is 145. The number of hydrogen-bond acceptors (Lipinski definition) is 11. The number of anilines is 4. The number of nitrogens with one attached hydrogen (secondary N) is 2. The molecule has 0 aliphatic carbocycles. The van der Waals surface area contributed by atoms with Crippen LogP contribution in [0.5, 0.6) is 0 Å². The Morgan fingerprint density at radius 1 is 0.162 bits per heavy atom. The molecule has 858 valence electrons. The van der Waals surface area contributed by atoms with Gasteiger partial charge in [0.05, 0.1) is 0 Å². The number of unbranched alkanes of at least 4 members (excludes halogenated alkanes) is 96. The average molecular weight is 2160 g/mol. The summed E-state index contributed by atoms with van der Waals surface area (Å²) >= 11 is 12.9. The van der Waals surface area contributed by atoms with Crippen molar-refractivity contribution in [3.63, 3.8) is 0 Å². The number of aromatic nitrogens is 3. The molecule has 0 aliphatic rings. The fraction of sp³-hybridized carbons (Fsp3) is 0.847.